The average molecular weight is 297 g/mol. The summed E-state index contributed by atoms with van der Waals surface area (Å²) in [4.78, 5) is 0.956. The van der Waals surface area contributed by atoms with Crippen molar-refractivity contribution in [2.24, 2.45) is 0 Å². The third-order valence-corrected chi connectivity index (χ3v) is 5.05. The molecule has 0 amide bonds. The van der Waals surface area contributed by atoms with Crippen LogP contribution in [0.15, 0.2) is 54.6 Å². The third kappa shape index (κ3) is 2.13. The first-order valence-corrected chi connectivity index (χ1v) is 7.55. The van der Waals surface area contributed by atoms with Crippen LogP contribution >= 0.6 is 11.3 Å². The number of benzene rings is 2. The average Bonchev–Trinajstić information content (AvgIpc) is 2.86. The summed E-state index contributed by atoms with van der Waals surface area (Å²) in [6.07, 6.45) is 0.979. The van der Waals surface area contributed by atoms with Gasteiger partial charge in [-0.2, -0.15) is 0 Å². The van der Waals surface area contributed by atoms with Gasteiger partial charge in [0.2, 0.25) is 0 Å². The molecule has 0 unspecified atom stereocenters. The highest BCUT2D eigenvalue weighted by molar-refractivity contribution is 7.18. The smallest absolute Gasteiger partial charge is 0.385 e. The van der Waals surface area contributed by atoms with Crippen molar-refractivity contribution in [2.45, 2.75) is 13.0 Å². The van der Waals surface area contributed by atoms with Gasteiger partial charge in [-0.25, -0.2) is 0 Å². The second kappa shape index (κ2) is 5.31. The van der Waals surface area contributed by atoms with Crippen LogP contribution in [0.2, 0.25) is 0 Å². The largest absolute Gasteiger partial charge is 0.870 e. The first kappa shape index (κ1) is 13.8. The van der Waals surface area contributed by atoms with E-state index in [2.05, 4.69) is 24.3 Å². The SMILES string of the molecule is Oc1c(-c2ccccc2)sc2[n+]1CCc1ccccc1-2.[OH-]. The Balaban J connectivity index is 0.00000132. The lowest BCUT2D eigenvalue weighted by Crippen LogP contribution is -2.37. The zero-order valence-electron chi connectivity index (χ0n) is 11.4. The Morgan fingerprint density at radius 2 is 1.67 bits per heavy atom. The first-order valence-electron chi connectivity index (χ1n) is 6.74. The van der Waals surface area contributed by atoms with E-state index in [1.165, 1.54) is 11.1 Å². The summed E-state index contributed by atoms with van der Waals surface area (Å²) in [5.74, 6) is 0.394. The van der Waals surface area contributed by atoms with E-state index in [0.29, 0.717) is 5.88 Å². The molecule has 0 spiro atoms. The molecule has 3 nitrogen and oxygen atoms in total. The van der Waals surface area contributed by atoms with Crippen LogP contribution in [0, 0.1) is 0 Å². The molecular weight excluding hydrogens is 282 g/mol. The first-order chi connectivity index (χ1) is 9.84. The number of nitrogens with zero attached hydrogens (tertiary/aromatic N) is 1. The molecule has 0 bridgehead atoms. The maximum Gasteiger partial charge on any atom is 0.385 e. The lowest BCUT2D eigenvalue weighted by atomic mass is 10.0. The van der Waals surface area contributed by atoms with Gasteiger partial charge in [0.1, 0.15) is 0 Å². The monoisotopic (exact) mass is 297 g/mol. The van der Waals surface area contributed by atoms with Gasteiger partial charge in [-0.05, 0) is 11.6 Å². The van der Waals surface area contributed by atoms with Crippen LogP contribution in [0.1, 0.15) is 5.56 Å². The molecule has 2 N–H and O–H groups in total. The zero-order chi connectivity index (χ0) is 13.5. The molecule has 106 valence electrons. The van der Waals surface area contributed by atoms with Gasteiger partial charge in [-0.1, -0.05) is 59.9 Å². The Hall–Kier alpha value is -2.17. The fraction of sp³-hybridized carbons (Fsp3) is 0.118. The van der Waals surface area contributed by atoms with Crippen LogP contribution in [0.3, 0.4) is 0 Å². The molecule has 1 aromatic heterocycles. The Kier molecular flexibility index (Phi) is 3.49. The Labute approximate surface area is 127 Å². The van der Waals surface area contributed by atoms with Crippen molar-refractivity contribution < 1.29 is 15.1 Å². The number of hydrogen-bond acceptors (Lipinski definition) is 3. The fourth-order valence-corrected chi connectivity index (χ4v) is 4.03. The predicted molar refractivity (Wildman–Crippen MR) is 82.7 cm³/mol. The summed E-state index contributed by atoms with van der Waals surface area (Å²) < 4.78 is 2.04. The molecule has 1 aliphatic rings. The minimum atomic E-state index is 0. The molecule has 4 rings (SSSR count). The van der Waals surface area contributed by atoms with E-state index in [0.717, 1.165) is 28.4 Å². The third-order valence-electron chi connectivity index (χ3n) is 3.79. The van der Waals surface area contributed by atoms with Crippen molar-refractivity contribution in [1.82, 2.24) is 0 Å². The van der Waals surface area contributed by atoms with Crippen molar-refractivity contribution in [2.75, 3.05) is 0 Å². The van der Waals surface area contributed by atoms with Crippen molar-refractivity contribution >= 4 is 11.3 Å². The summed E-state index contributed by atoms with van der Waals surface area (Å²) >= 11 is 1.67. The van der Waals surface area contributed by atoms with Crippen molar-refractivity contribution in [1.29, 1.82) is 0 Å². The van der Waals surface area contributed by atoms with E-state index in [9.17, 15) is 5.11 Å². The van der Waals surface area contributed by atoms with E-state index >= 15 is 0 Å². The van der Waals surface area contributed by atoms with Crippen molar-refractivity contribution in [3.8, 4) is 26.9 Å². The van der Waals surface area contributed by atoms with E-state index in [1.807, 2.05) is 34.9 Å². The van der Waals surface area contributed by atoms with Crippen LogP contribution in [-0.4, -0.2) is 10.6 Å². The molecule has 21 heavy (non-hydrogen) atoms. The Morgan fingerprint density at radius 3 is 2.48 bits per heavy atom. The normalized spacial score (nSPS) is 12.2. The highest BCUT2D eigenvalue weighted by atomic mass is 32.1. The number of aromatic hydroxyl groups is 1. The molecule has 2 aromatic carbocycles. The quantitative estimate of drug-likeness (QED) is 0.699. The van der Waals surface area contributed by atoms with Crippen LogP contribution in [0.25, 0.3) is 21.0 Å². The second-order valence-corrected chi connectivity index (χ2v) is 5.98. The molecular formula is C17H15NO2S. The summed E-state index contributed by atoms with van der Waals surface area (Å²) in [5.41, 5.74) is 3.70. The van der Waals surface area contributed by atoms with Gasteiger partial charge in [-0.3, -0.25) is 0 Å². The minimum absolute atomic E-state index is 0. The van der Waals surface area contributed by atoms with Crippen LogP contribution in [-0.2, 0) is 13.0 Å². The maximum absolute atomic E-state index is 10.5. The van der Waals surface area contributed by atoms with E-state index in [4.69, 9.17) is 0 Å². The molecule has 1 aliphatic heterocycles. The fourth-order valence-electron chi connectivity index (χ4n) is 2.78. The predicted octanol–water partition coefficient (Wildman–Crippen LogP) is 3.45. The van der Waals surface area contributed by atoms with E-state index in [1.54, 1.807) is 11.3 Å². The summed E-state index contributed by atoms with van der Waals surface area (Å²) in [5, 5.41) is 11.7. The summed E-state index contributed by atoms with van der Waals surface area (Å²) in [6.45, 7) is 0.849. The zero-order valence-corrected chi connectivity index (χ0v) is 12.2. The van der Waals surface area contributed by atoms with Crippen molar-refractivity contribution in [3.63, 3.8) is 0 Å². The van der Waals surface area contributed by atoms with E-state index in [-0.39, 0.29) is 5.48 Å². The highest BCUT2D eigenvalue weighted by Crippen LogP contribution is 2.40. The number of rotatable bonds is 1. The molecule has 0 saturated heterocycles. The number of hydrogen-bond donors (Lipinski definition) is 1. The Morgan fingerprint density at radius 1 is 0.952 bits per heavy atom. The molecule has 0 atom stereocenters. The highest BCUT2D eigenvalue weighted by Gasteiger charge is 2.32. The molecule has 3 aromatic rings. The number of aryl methyl sites for hydroxylation is 1. The molecule has 0 aliphatic carbocycles. The maximum atomic E-state index is 10.5. The number of thiazole rings is 1. The molecule has 2 heterocycles. The topological polar surface area (TPSA) is 54.1 Å². The molecule has 0 saturated carbocycles. The molecule has 4 heteroatoms. The van der Waals surface area contributed by atoms with Gasteiger partial charge in [0.15, 0.2) is 11.4 Å². The van der Waals surface area contributed by atoms with Crippen LogP contribution in [0.5, 0.6) is 5.88 Å². The second-order valence-electron chi connectivity index (χ2n) is 4.98. The van der Waals surface area contributed by atoms with Crippen molar-refractivity contribution in [3.05, 3.63) is 60.2 Å². The summed E-state index contributed by atoms with van der Waals surface area (Å²) in [7, 11) is 0. The van der Waals surface area contributed by atoms with Gasteiger partial charge in [-0.15, -0.1) is 4.57 Å². The summed E-state index contributed by atoms with van der Waals surface area (Å²) in [6, 6.07) is 18.6. The van der Waals surface area contributed by atoms with E-state index < -0.39 is 0 Å². The lowest BCUT2D eigenvalue weighted by molar-refractivity contribution is -0.688. The lowest BCUT2D eigenvalue weighted by Gasteiger charge is -2.10. The van der Waals surface area contributed by atoms with Gasteiger partial charge >= 0.3 is 5.88 Å². The van der Waals surface area contributed by atoms with Gasteiger partial charge in [0.05, 0.1) is 5.56 Å². The minimum Gasteiger partial charge on any atom is -0.870 e. The van der Waals surface area contributed by atoms with Gasteiger partial charge in [0, 0.05) is 12.0 Å². The van der Waals surface area contributed by atoms with Crippen LogP contribution in [0.4, 0.5) is 0 Å². The molecule has 0 fully saturated rings. The number of fused-ring (bicyclic) bond motifs is 3. The van der Waals surface area contributed by atoms with Gasteiger partial charge < -0.3 is 10.6 Å². The van der Waals surface area contributed by atoms with Gasteiger partial charge in [0.25, 0.3) is 5.01 Å². The standard InChI is InChI=1S/C17H13NOS.H2O/c19-16-15(13-7-2-1-3-8-13)20-17-14-9-5-4-6-12(14)10-11-18(16)17;/h1-9H,10-11H2;1H2. The number of aromatic nitrogens is 1. The van der Waals surface area contributed by atoms with Crippen LogP contribution < -0.4 is 4.57 Å². The Bertz CT molecular complexity index is 781. The molecule has 0 radical (unpaired) electrons.